The summed E-state index contributed by atoms with van der Waals surface area (Å²) in [6.07, 6.45) is 3.36. The van der Waals surface area contributed by atoms with Gasteiger partial charge >= 0.3 is 0 Å². The number of hydrogen-bond acceptors (Lipinski definition) is 3. The highest BCUT2D eigenvalue weighted by Crippen LogP contribution is 2.33. The summed E-state index contributed by atoms with van der Waals surface area (Å²) >= 11 is 0. The molecule has 0 saturated carbocycles. The summed E-state index contributed by atoms with van der Waals surface area (Å²) in [6, 6.07) is 5.97. The van der Waals surface area contributed by atoms with Crippen LogP contribution in [0.1, 0.15) is 56.8 Å². The van der Waals surface area contributed by atoms with E-state index in [1.807, 2.05) is 0 Å². The Hall–Kier alpha value is -2.37. The standard InChI is InChI=1S/C21H29N3O3/c1-14(2)11-12-22-19(25)15(3)24-17-9-5-4-8-16(17)20(26)23-13-7-6-10-18(23)21(24)27/h4-5,8-9,14-15,18H,6-7,10-13H2,1-3H3,(H,22,25). The van der Waals surface area contributed by atoms with Crippen molar-refractivity contribution in [2.45, 2.75) is 58.5 Å². The number of carbonyl (C=O) groups excluding carboxylic acids is 3. The van der Waals surface area contributed by atoms with Crippen molar-refractivity contribution >= 4 is 23.4 Å². The van der Waals surface area contributed by atoms with Crippen molar-refractivity contribution in [2.75, 3.05) is 18.0 Å². The van der Waals surface area contributed by atoms with Crippen LogP contribution in [0.5, 0.6) is 0 Å². The molecule has 2 atom stereocenters. The first kappa shape index (κ1) is 19.4. The fraction of sp³-hybridized carbons (Fsp3) is 0.571. The first-order valence-corrected chi connectivity index (χ1v) is 9.92. The van der Waals surface area contributed by atoms with Crippen molar-refractivity contribution in [1.82, 2.24) is 10.2 Å². The molecule has 0 bridgehead atoms. The van der Waals surface area contributed by atoms with Crippen LogP contribution in [-0.2, 0) is 9.59 Å². The second-order valence-corrected chi connectivity index (χ2v) is 7.89. The molecule has 6 nitrogen and oxygen atoms in total. The van der Waals surface area contributed by atoms with Gasteiger partial charge in [-0.1, -0.05) is 26.0 Å². The Kier molecular flexibility index (Phi) is 5.82. The number of piperidine rings is 1. The molecule has 2 unspecified atom stereocenters. The molecular formula is C21H29N3O3. The number of nitrogens with zero attached hydrogens (tertiary/aromatic N) is 2. The van der Waals surface area contributed by atoms with Crippen LogP contribution in [0, 0.1) is 5.92 Å². The zero-order valence-electron chi connectivity index (χ0n) is 16.4. The van der Waals surface area contributed by atoms with E-state index in [2.05, 4.69) is 19.2 Å². The van der Waals surface area contributed by atoms with E-state index < -0.39 is 12.1 Å². The molecule has 2 aliphatic heterocycles. The number of fused-ring (bicyclic) bond motifs is 2. The highest BCUT2D eigenvalue weighted by Gasteiger charge is 2.43. The van der Waals surface area contributed by atoms with Crippen LogP contribution in [0.15, 0.2) is 24.3 Å². The van der Waals surface area contributed by atoms with Crippen molar-refractivity contribution in [3.8, 4) is 0 Å². The minimum atomic E-state index is -0.666. The lowest BCUT2D eigenvalue weighted by molar-refractivity contribution is -0.128. The first-order chi connectivity index (χ1) is 12.9. The van der Waals surface area contributed by atoms with Crippen LogP contribution in [0.2, 0.25) is 0 Å². The van der Waals surface area contributed by atoms with Gasteiger partial charge in [-0.05, 0) is 50.7 Å². The average molecular weight is 371 g/mol. The molecule has 1 N–H and O–H groups in total. The Morgan fingerprint density at radius 3 is 2.67 bits per heavy atom. The van der Waals surface area contributed by atoms with E-state index in [4.69, 9.17) is 0 Å². The minimum Gasteiger partial charge on any atom is -0.354 e. The van der Waals surface area contributed by atoms with Gasteiger partial charge in [0.2, 0.25) is 5.91 Å². The Morgan fingerprint density at radius 2 is 1.93 bits per heavy atom. The SMILES string of the molecule is CC(C)CCNC(=O)C(C)N1C(=O)C2CCCCN2C(=O)c2ccccc21. The number of rotatable bonds is 5. The van der Waals surface area contributed by atoms with Crippen LogP contribution < -0.4 is 10.2 Å². The molecule has 0 radical (unpaired) electrons. The van der Waals surface area contributed by atoms with Gasteiger partial charge in [0, 0.05) is 13.1 Å². The van der Waals surface area contributed by atoms with Gasteiger partial charge in [0.25, 0.3) is 11.8 Å². The lowest BCUT2D eigenvalue weighted by Gasteiger charge is -2.35. The molecule has 6 heteroatoms. The zero-order valence-corrected chi connectivity index (χ0v) is 16.4. The summed E-state index contributed by atoms with van der Waals surface area (Å²) in [4.78, 5) is 42.4. The molecule has 0 spiro atoms. The van der Waals surface area contributed by atoms with E-state index >= 15 is 0 Å². The summed E-state index contributed by atoms with van der Waals surface area (Å²) in [5.74, 6) is 0.0446. The second-order valence-electron chi connectivity index (χ2n) is 7.89. The highest BCUT2D eigenvalue weighted by atomic mass is 16.2. The molecule has 146 valence electrons. The number of para-hydroxylation sites is 1. The van der Waals surface area contributed by atoms with Crippen LogP contribution in [0.4, 0.5) is 5.69 Å². The fourth-order valence-electron chi connectivity index (χ4n) is 3.88. The highest BCUT2D eigenvalue weighted by molar-refractivity contribution is 6.13. The maximum atomic E-state index is 13.4. The average Bonchev–Trinajstić information content (AvgIpc) is 2.75. The minimum absolute atomic E-state index is 0.112. The summed E-state index contributed by atoms with van der Waals surface area (Å²) < 4.78 is 0. The molecule has 2 heterocycles. The van der Waals surface area contributed by atoms with Crippen molar-refractivity contribution < 1.29 is 14.4 Å². The van der Waals surface area contributed by atoms with Gasteiger partial charge in [0.05, 0.1) is 11.3 Å². The smallest absolute Gasteiger partial charge is 0.256 e. The van der Waals surface area contributed by atoms with E-state index in [0.29, 0.717) is 36.7 Å². The lowest BCUT2D eigenvalue weighted by Crippen LogP contribution is -2.55. The fourth-order valence-corrected chi connectivity index (χ4v) is 3.88. The van der Waals surface area contributed by atoms with E-state index in [0.717, 1.165) is 19.3 Å². The first-order valence-electron chi connectivity index (χ1n) is 9.92. The van der Waals surface area contributed by atoms with Gasteiger partial charge < -0.3 is 10.2 Å². The van der Waals surface area contributed by atoms with Crippen molar-refractivity contribution in [2.24, 2.45) is 5.92 Å². The summed E-state index contributed by atoms with van der Waals surface area (Å²) in [5.41, 5.74) is 1.03. The second kappa shape index (κ2) is 8.11. The third-order valence-electron chi connectivity index (χ3n) is 5.47. The molecule has 1 aromatic rings. The molecule has 1 fully saturated rings. The Labute approximate surface area is 160 Å². The molecule has 3 amide bonds. The number of benzene rings is 1. The maximum absolute atomic E-state index is 13.4. The lowest BCUT2D eigenvalue weighted by atomic mass is 10.0. The Bertz CT molecular complexity index is 731. The number of anilines is 1. The number of hydrogen-bond donors (Lipinski definition) is 1. The molecule has 3 rings (SSSR count). The molecule has 0 aliphatic carbocycles. The largest absolute Gasteiger partial charge is 0.354 e. The summed E-state index contributed by atoms with van der Waals surface area (Å²) in [7, 11) is 0. The van der Waals surface area contributed by atoms with Crippen LogP contribution >= 0.6 is 0 Å². The predicted molar refractivity (Wildman–Crippen MR) is 105 cm³/mol. The van der Waals surface area contributed by atoms with E-state index in [1.165, 1.54) is 4.90 Å². The number of amides is 3. The van der Waals surface area contributed by atoms with Crippen molar-refractivity contribution in [1.29, 1.82) is 0 Å². The third kappa shape index (κ3) is 3.84. The zero-order chi connectivity index (χ0) is 19.6. The van der Waals surface area contributed by atoms with Crippen molar-refractivity contribution in [3.63, 3.8) is 0 Å². The Balaban J connectivity index is 1.92. The van der Waals surface area contributed by atoms with Gasteiger partial charge in [-0.3, -0.25) is 19.3 Å². The molecule has 1 saturated heterocycles. The van der Waals surface area contributed by atoms with Gasteiger partial charge in [0.1, 0.15) is 12.1 Å². The van der Waals surface area contributed by atoms with Gasteiger partial charge in [-0.25, -0.2) is 0 Å². The van der Waals surface area contributed by atoms with E-state index in [9.17, 15) is 14.4 Å². The number of nitrogens with one attached hydrogen (secondary N) is 1. The number of carbonyl (C=O) groups is 3. The normalized spacial score (nSPS) is 20.8. The summed E-state index contributed by atoms with van der Waals surface area (Å²) in [6.45, 7) is 7.12. The van der Waals surface area contributed by atoms with Gasteiger partial charge in [0.15, 0.2) is 0 Å². The molecule has 1 aromatic carbocycles. The van der Waals surface area contributed by atoms with Crippen molar-refractivity contribution in [3.05, 3.63) is 29.8 Å². The van der Waals surface area contributed by atoms with Crippen LogP contribution in [-0.4, -0.2) is 47.8 Å². The monoisotopic (exact) mass is 371 g/mol. The topological polar surface area (TPSA) is 69.7 Å². The third-order valence-corrected chi connectivity index (χ3v) is 5.47. The van der Waals surface area contributed by atoms with Crippen LogP contribution in [0.25, 0.3) is 0 Å². The molecule has 0 aromatic heterocycles. The molecular weight excluding hydrogens is 342 g/mol. The maximum Gasteiger partial charge on any atom is 0.256 e. The van der Waals surface area contributed by atoms with Gasteiger partial charge in [-0.15, -0.1) is 0 Å². The van der Waals surface area contributed by atoms with Crippen LogP contribution in [0.3, 0.4) is 0 Å². The summed E-state index contributed by atoms with van der Waals surface area (Å²) in [5, 5.41) is 2.93. The Morgan fingerprint density at radius 1 is 1.19 bits per heavy atom. The molecule has 2 aliphatic rings. The molecule has 27 heavy (non-hydrogen) atoms. The van der Waals surface area contributed by atoms with E-state index in [1.54, 1.807) is 36.1 Å². The van der Waals surface area contributed by atoms with E-state index in [-0.39, 0.29) is 17.7 Å². The quantitative estimate of drug-likeness (QED) is 0.865. The van der Waals surface area contributed by atoms with Gasteiger partial charge in [-0.2, -0.15) is 0 Å². The predicted octanol–water partition coefficient (Wildman–Crippen LogP) is 2.58.